The van der Waals surface area contributed by atoms with Crippen LogP contribution in [0, 0.1) is 6.92 Å². The number of aryl methyl sites for hydroxylation is 1. The molecule has 2 aromatic carbocycles. The van der Waals surface area contributed by atoms with Gasteiger partial charge in [0.1, 0.15) is 23.8 Å². The lowest BCUT2D eigenvalue weighted by Gasteiger charge is -2.07. The van der Waals surface area contributed by atoms with Gasteiger partial charge in [-0.05, 0) is 61.4 Å². The highest BCUT2D eigenvalue weighted by Gasteiger charge is 2.30. The molecule has 2 N–H and O–H groups in total. The number of rotatable bonds is 7. The molecule has 0 bridgehead atoms. The Morgan fingerprint density at radius 3 is 2.40 bits per heavy atom. The van der Waals surface area contributed by atoms with Gasteiger partial charge in [0.05, 0.1) is 5.56 Å². The van der Waals surface area contributed by atoms with Crippen molar-refractivity contribution in [2.75, 3.05) is 6.54 Å². The van der Waals surface area contributed by atoms with Crippen LogP contribution in [0.4, 0.5) is 13.2 Å². The third-order valence-electron chi connectivity index (χ3n) is 4.54. The van der Waals surface area contributed by atoms with Crippen molar-refractivity contribution in [3.05, 3.63) is 77.2 Å². The second-order valence-corrected chi connectivity index (χ2v) is 6.66. The number of halogens is 3. The van der Waals surface area contributed by atoms with Crippen LogP contribution in [0.25, 0.3) is 17.0 Å². The van der Waals surface area contributed by atoms with Gasteiger partial charge in [-0.25, -0.2) is 10.5 Å². The smallest absolute Gasteiger partial charge is 0.416 e. The predicted molar refractivity (Wildman–Crippen MR) is 106 cm³/mol. The van der Waals surface area contributed by atoms with Crippen molar-refractivity contribution in [3.63, 3.8) is 0 Å². The Hall–Kier alpha value is -3.10. The highest BCUT2D eigenvalue weighted by molar-refractivity contribution is 5.64. The maximum absolute atomic E-state index is 12.7. The Bertz CT molecular complexity index is 1010. The normalized spacial score (nSPS) is 12.3. The van der Waals surface area contributed by atoms with Crippen LogP contribution >= 0.6 is 0 Å². The number of allylic oxidation sites excluding steroid dienone is 1. The number of hydrogen-bond acceptors (Lipinski definition) is 5. The molecule has 5 nitrogen and oxygen atoms in total. The fourth-order valence-electron chi connectivity index (χ4n) is 2.77. The van der Waals surface area contributed by atoms with E-state index in [1.165, 1.54) is 12.1 Å². The quantitative estimate of drug-likeness (QED) is 0.487. The minimum atomic E-state index is -4.39. The molecule has 0 aliphatic heterocycles. The molecule has 158 valence electrons. The molecule has 3 aromatic rings. The van der Waals surface area contributed by atoms with E-state index in [1.807, 2.05) is 37.3 Å². The van der Waals surface area contributed by atoms with Gasteiger partial charge in [-0.15, -0.1) is 0 Å². The summed E-state index contributed by atoms with van der Waals surface area (Å²) < 4.78 is 49.5. The summed E-state index contributed by atoms with van der Waals surface area (Å²) in [6.07, 6.45) is -2.53. The van der Waals surface area contributed by atoms with Crippen LogP contribution < -0.4 is 10.2 Å². The lowest BCUT2D eigenvalue weighted by atomic mass is 10.1. The van der Waals surface area contributed by atoms with E-state index in [1.54, 1.807) is 6.92 Å². The molecule has 0 spiro atoms. The van der Waals surface area contributed by atoms with Crippen LogP contribution in [0.15, 0.2) is 59.0 Å². The van der Waals surface area contributed by atoms with Gasteiger partial charge >= 0.3 is 6.18 Å². The predicted octanol–water partition coefficient (Wildman–Crippen LogP) is 5.63. The fourth-order valence-corrected chi connectivity index (χ4v) is 2.77. The first-order chi connectivity index (χ1) is 14.3. The Morgan fingerprint density at radius 2 is 1.80 bits per heavy atom. The first-order valence-corrected chi connectivity index (χ1v) is 9.19. The van der Waals surface area contributed by atoms with Crippen LogP contribution in [0.2, 0.25) is 0 Å². The van der Waals surface area contributed by atoms with E-state index in [0.29, 0.717) is 29.3 Å². The molecule has 0 aliphatic carbocycles. The zero-order chi connectivity index (χ0) is 21.7. The van der Waals surface area contributed by atoms with Gasteiger partial charge in [-0.1, -0.05) is 18.2 Å². The molecule has 0 saturated heterocycles. The van der Waals surface area contributed by atoms with E-state index in [0.717, 1.165) is 23.3 Å². The van der Waals surface area contributed by atoms with Crippen LogP contribution in [0.1, 0.15) is 29.5 Å². The molecule has 0 atom stereocenters. The molecule has 0 amide bonds. The third-order valence-corrected chi connectivity index (χ3v) is 4.54. The molecule has 8 heteroatoms. The molecule has 1 heterocycles. The Labute approximate surface area is 171 Å². The molecule has 0 aliphatic rings. The molecule has 0 radical (unpaired) electrons. The van der Waals surface area contributed by atoms with Gasteiger partial charge in [0.2, 0.25) is 5.89 Å². The lowest BCUT2D eigenvalue weighted by molar-refractivity contribution is -0.137. The zero-order valence-corrected chi connectivity index (χ0v) is 16.5. The monoisotopic (exact) mass is 418 g/mol. The number of ether oxygens (including phenoxy) is 1. The molecular weight excluding hydrogens is 397 g/mol. The number of alkyl halides is 3. The summed E-state index contributed by atoms with van der Waals surface area (Å²) in [6.45, 7) is 4.19. The summed E-state index contributed by atoms with van der Waals surface area (Å²) in [4.78, 5) is 4.35. The number of aromatic nitrogens is 1. The molecule has 1 aromatic heterocycles. The Balaban J connectivity index is 1.66. The van der Waals surface area contributed by atoms with Crippen LogP contribution in [-0.4, -0.2) is 16.7 Å². The largest absolute Gasteiger partial charge is 0.487 e. The summed E-state index contributed by atoms with van der Waals surface area (Å²) >= 11 is 0. The second kappa shape index (κ2) is 9.15. The summed E-state index contributed by atoms with van der Waals surface area (Å²) in [5.74, 6) is 1.43. The zero-order valence-electron chi connectivity index (χ0n) is 16.5. The standard InChI is InChI=1S/C22H21F3N2O3/c1-14(11-12-26-28)16-5-9-19(10-6-16)29-13-20-15(2)30-21(27-20)17-3-7-18(8-4-17)22(23,24)25/h3-11,26,28H,12-13H2,1-2H3/b14-11+. The van der Waals surface area contributed by atoms with Gasteiger partial charge in [-0.2, -0.15) is 13.2 Å². The highest BCUT2D eigenvalue weighted by Crippen LogP contribution is 2.31. The number of benzene rings is 2. The number of oxazole rings is 1. The van der Waals surface area contributed by atoms with Crippen LogP contribution in [-0.2, 0) is 12.8 Å². The fraction of sp³-hybridized carbons (Fsp3) is 0.227. The number of hydroxylamine groups is 1. The van der Waals surface area contributed by atoms with Crippen molar-refractivity contribution < 1.29 is 27.5 Å². The van der Waals surface area contributed by atoms with E-state index in [9.17, 15) is 13.2 Å². The van der Waals surface area contributed by atoms with Crippen LogP contribution in [0.5, 0.6) is 5.75 Å². The van der Waals surface area contributed by atoms with E-state index < -0.39 is 11.7 Å². The molecular formula is C22H21F3N2O3. The molecule has 0 unspecified atom stereocenters. The van der Waals surface area contributed by atoms with Crippen LogP contribution in [0.3, 0.4) is 0 Å². The highest BCUT2D eigenvalue weighted by atomic mass is 19.4. The maximum Gasteiger partial charge on any atom is 0.416 e. The van der Waals surface area contributed by atoms with Gasteiger partial charge in [0.25, 0.3) is 0 Å². The molecule has 30 heavy (non-hydrogen) atoms. The van der Waals surface area contributed by atoms with Gasteiger partial charge in [0, 0.05) is 12.1 Å². The average Bonchev–Trinajstić information content (AvgIpc) is 3.11. The number of nitrogens with one attached hydrogen (secondary N) is 1. The summed E-state index contributed by atoms with van der Waals surface area (Å²) in [5.41, 5.74) is 4.40. The van der Waals surface area contributed by atoms with Gasteiger partial charge in [-0.3, -0.25) is 0 Å². The van der Waals surface area contributed by atoms with E-state index in [2.05, 4.69) is 10.5 Å². The van der Waals surface area contributed by atoms with Gasteiger partial charge < -0.3 is 14.4 Å². The van der Waals surface area contributed by atoms with E-state index >= 15 is 0 Å². The first-order valence-electron chi connectivity index (χ1n) is 9.19. The summed E-state index contributed by atoms with van der Waals surface area (Å²) in [7, 11) is 0. The first kappa shape index (κ1) is 21.6. The molecule has 0 saturated carbocycles. The Kier molecular flexibility index (Phi) is 6.59. The van der Waals surface area contributed by atoms with Gasteiger partial charge in [0.15, 0.2) is 0 Å². The average molecular weight is 418 g/mol. The summed E-state index contributed by atoms with van der Waals surface area (Å²) in [6, 6.07) is 12.1. The number of hydrogen-bond donors (Lipinski definition) is 2. The minimum absolute atomic E-state index is 0.165. The number of nitrogens with zero attached hydrogens (tertiary/aromatic N) is 1. The Morgan fingerprint density at radius 1 is 1.13 bits per heavy atom. The van der Waals surface area contributed by atoms with E-state index in [4.69, 9.17) is 14.4 Å². The molecule has 3 rings (SSSR count). The minimum Gasteiger partial charge on any atom is -0.487 e. The van der Waals surface area contributed by atoms with Crippen molar-refractivity contribution >= 4 is 5.57 Å². The van der Waals surface area contributed by atoms with Crippen molar-refractivity contribution in [2.45, 2.75) is 26.6 Å². The summed E-state index contributed by atoms with van der Waals surface area (Å²) in [5, 5.41) is 8.65. The third kappa shape index (κ3) is 5.28. The van der Waals surface area contributed by atoms with E-state index in [-0.39, 0.29) is 12.5 Å². The van der Waals surface area contributed by atoms with Crippen molar-refractivity contribution in [1.82, 2.24) is 10.5 Å². The van der Waals surface area contributed by atoms with Crippen molar-refractivity contribution in [1.29, 1.82) is 0 Å². The van der Waals surface area contributed by atoms with Crippen molar-refractivity contribution in [2.24, 2.45) is 0 Å². The van der Waals surface area contributed by atoms with Crippen molar-refractivity contribution in [3.8, 4) is 17.2 Å². The molecule has 0 fully saturated rings. The SMILES string of the molecule is C/C(=C\CNO)c1ccc(OCc2nc(-c3ccc(C(F)(F)F)cc3)oc2C)cc1. The lowest BCUT2D eigenvalue weighted by Crippen LogP contribution is -2.05. The topological polar surface area (TPSA) is 67.5 Å². The second-order valence-electron chi connectivity index (χ2n) is 6.66. The maximum atomic E-state index is 12.7.